The van der Waals surface area contributed by atoms with Crippen LogP contribution in [0.15, 0.2) is 12.2 Å². The van der Waals surface area contributed by atoms with Crippen molar-refractivity contribution in [1.29, 1.82) is 0 Å². The first-order valence-electron chi connectivity index (χ1n) is 4.46. The summed E-state index contributed by atoms with van der Waals surface area (Å²) in [6.07, 6.45) is 4.01. The minimum atomic E-state index is -1.21. The lowest BCUT2D eigenvalue weighted by Crippen LogP contribution is -2.49. The van der Waals surface area contributed by atoms with Crippen molar-refractivity contribution in [3.8, 4) is 0 Å². The van der Waals surface area contributed by atoms with Gasteiger partial charge < -0.3 is 10.2 Å². The van der Waals surface area contributed by atoms with Gasteiger partial charge in [-0.25, -0.2) is 0 Å². The van der Waals surface area contributed by atoms with Gasteiger partial charge in [0.25, 0.3) is 0 Å². The van der Waals surface area contributed by atoms with Crippen LogP contribution < -0.4 is 0 Å². The third-order valence-electron chi connectivity index (χ3n) is 3.38. The lowest BCUT2D eigenvalue weighted by molar-refractivity contribution is -0.171. The Kier molecular flexibility index (Phi) is 2.39. The molecule has 4 heteroatoms. The molecule has 1 aliphatic rings. The van der Waals surface area contributed by atoms with Crippen molar-refractivity contribution in [3.63, 3.8) is 0 Å². The standard InChI is InChI=1S/C10H14O4/c1-9(7(11)12)5-3-4-6-10(9,2)8(13)14/h3-4H,5-6H2,1-2H3,(H,11,12)(H,13,14)/t9-,10+. The van der Waals surface area contributed by atoms with Crippen LogP contribution in [0.25, 0.3) is 0 Å². The maximum Gasteiger partial charge on any atom is 0.310 e. The second kappa shape index (κ2) is 3.12. The van der Waals surface area contributed by atoms with Gasteiger partial charge in [-0.3, -0.25) is 9.59 Å². The van der Waals surface area contributed by atoms with Gasteiger partial charge in [0.05, 0.1) is 10.8 Å². The summed E-state index contributed by atoms with van der Waals surface area (Å²) in [5.74, 6) is -2.10. The van der Waals surface area contributed by atoms with Crippen LogP contribution in [0.2, 0.25) is 0 Å². The Morgan fingerprint density at radius 2 is 1.29 bits per heavy atom. The summed E-state index contributed by atoms with van der Waals surface area (Å²) in [5, 5.41) is 18.2. The third kappa shape index (κ3) is 1.22. The maximum absolute atomic E-state index is 11.1. The van der Waals surface area contributed by atoms with Crippen LogP contribution in [-0.2, 0) is 9.59 Å². The lowest BCUT2D eigenvalue weighted by atomic mass is 9.60. The van der Waals surface area contributed by atoms with Gasteiger partial charge in [-0.1, -0.05) is 12.2 Å². The molecule has 0 spiro atoms. The van der Waals surface area contributed by atoms with Crippen molar-refractivity contribution in [1.82, 2.24) is 0 Å². The molecule has 0 bridgehead atoms. The molecule has 0 aromatic rings. The fraction of sp³-hybridized carbons (Fsp3) is 0.600. The van der Waals surface area contributed by atoms with E-state index in [2.05, 4.69) is 0 Å². The van der Waals surface area contributed by atoms with Gasteiger partial charge in [0.15, 0.2) is 0 Å². The Bertz CT molecular complexity index is 277. The van der Waals surface area contributed by atoms with Gasteiger partial charge in [0.2, 0.25) is 0 Å². The molecular weight excluding hydrogens is 184 g/mol. The zero-order chi connectivity index (χ0) is 11.0. The Balaban J connectivity index is 3.21. The molecule has 1 rings (SSSR count). The highest BCUT2D eigenvalue weighted by atomic mass is 16.4. The van der Waals surface area contributed by atoms with Crippen molar-refractivity contribution in [2.45, 2.75) is 26.7 Å². The van der Waals surface area contributed by atoms with Crippen LogP contribution in [0.1, 0.15) is 26.7 Å². The molecular formula is C10H14O4. The first-order valence-corrected chi connectivity index (χ1v) is 4.46. The molecule has 0 radical (unpaired) electrons. The molecule has 0 saturated carbocycles. The number of aliphatic carboxylic acids is 2. The first kappa shape index (κ1) is 10.8. The van der Waals surface area contributed by atoms with E-state index < -0.39 is 22.8 Å². The molecule has 1 aliphatic carbocycles. The summed E-state index contributed by atoms with van der Waals surface area (Å²) in [6.45, 7) is 2.99. The zero-order valence-corrected chi connectivity index (χ0v) is 8.28. The van der Waals surface area contributed by atoms with Crippen molar-refractivity contribution >= 4 is 11.9 Å². The van der Waals surface area contributed by atoms with Gasteiger partial charge in [0, 0.05) is 0 Å². The van der Waals surface area contributed by atoms with Crippen LogP contribution in [0.5, 0.6) is 0 Å². The second-order valence-corrected chi connectivity index (χ2v) is 4.15. The summed E-state index contributed by atoms with van der Waals surface area (Å²) >= 11 is 0. The van der Waals surface area contributed by atoms with Gasteiger partial charge in [-0.2, -0.15) is 0 Å². The maximum atomic E-state index is 11.1. The summed E-state index contributed by atoms with van der Waals surface area (Å²) in [6, 6.07) is 0. The van der Waals surface area contributed by atoms with Crippen molar-refractivity contribution in [2.24, 2.45) is 10.8 Å². The highest BCUT2D eigenvalue weighted by Crippen LogP contribution is 2.48. The van der Waals surface area contributed by atoms with Gasteiger partial charge in [-0.15, -0.1) is 0 Å². The topological polar surface area (TPSA) is 74.6 Å². The number of carbonyl (C=O) groups is 2. The Morgan fingerprint density at radius 1 is 1.00 bits per heavy atom. The predicted octanol–water partition coefficient (Wildman–Crippen LogP) is 1.52. The highest BCUT2D eigenvalue weighted by molar-refractivity contribution is 5.86. The molecule has 0 aromatic carbocycles. The Hall–Kier alpha value is -1.32. The fourth-order valence-electron chi connectivity index (χ4n) is 1.74. The van der Waals surface area contributed by atoms with Crippen LogP contribution in [0.3, 0.4) is 0 Å². The molecule has 0 fully saturated rings. The monoisotopic (exact) mass is 198 g/mol. The van der Waals surface area contributed by atoms with E-state index in [4.69, 9.17) is 10.2 Å². The van der Waals surface area contributed by atoms with Gasteiger partial charge in [0.1, 0.15) is 0 Å². The van der Waals surface area contributed by atoms with E-state index in [0.717, 1.165) is 0 Å². The molecule has 4 nitrogen and oxygen atoms in total. The number of carboxylic acids is 2. The Labute approximate surface area is 82.2 Å². The van der Waals surface area contributed by atoms with E-state index in [1.165, 1.54) is 13.8 Å². The smallest absolute Gasteiger partial charge is 0.310 e. The molecule has 0 amide bonds. The Morgan fingerprint density at radius 3 is 1.50 bits per heavy atom. The summed E-state index contributed by atoms with van der Waals surface area (Å²) in [5.41, 5.74) is -2.43. The summed E-state index contributed by atoms with van der Waals surface area (Å²) < 4.78 is 0. The van der Waals surface area contributed by atoms with E-state index in [1.807, 2.05) is 0 Å². The minimum absolute atomic E-state index is 0.269. The van der Waals surface area contributed by atoms with E-state index in [1.54, 1.807) is 12.2 Å². The van der Waals surface area contributed by atoms with E-state index in [-0.39, 0.29) is 12.8 Å². The quantitative estimate of drug-likeness (QED) is 0.659. The number of allylic oxidation sites excluding steroid dienone is 2. The molecule has 0 heterocycles. The third-order valence-corrected chi connectivity index (χ3v) is 3.38. The van der Waals surface area contributed by atoms with Crippen molar-refractivity contribution < 1.29 is 19.8 Å². The van der Waals surface area contributed by atoms with Crippen molar-refractivity contribution in [3.05, 3.63) is 12.2 Å². The van der Waals surface area contributed by atoms with Crippen LogP contribution in [0, 0.1) is 10.8 Å². The van der Waals surface area contributed by atoms with Crippen LogP contribution >= 0.6 is 0 Å². The largest absolute Gasteiger partial charge is 0.481 e. The summed E-state index contributed by atoms with van der Waals surface area (Å²) in [7, 11) is 0. The predicted molar refractivity (Wildman–Crippen MR) is 49.9 cm³/mol. The zero-order valence-electron chi connectivity index (χ0n) is 8.28. The SMILES string of the molecule is C[C@@]1(C(=O)O)CC=CC[C@]1(C)C(=O)O. The van der Waals surface area contributed by atoms with Crippen LogP contribution in [-0.4, -0.2) is 22.2 Å². The highest BCUT2D eigenvalue weighted by Gasteiger charge is 2.55. The number of carboxylic acid groups (broad SMARTS) is 2. The lowest BCUT2D eigenvalue weighted by Gasteiger charge is -2.41. The van der Waals surface area contributed by atoms with Gasteiger partial charge >= 0.3 is 11.9 Å². The first-order chi connectivity index (χ1) is 6.34. The van der Waals surface area contributed by atoms with E-state index >= 15 is 0 Å². The normalized spacial score (nSPS) is 36.7. The molecule has 0 saturated heterocycles. The molecule has 2 atom stereocenters. The second-order valence-electron chi connectivity index (χ2n) is 4.15. The molecule has 2 N–H and O–H groups in total. The molecule has 0 aromatic heterocycles. The van der Waals surface area contributed by atoms with E-state index in [9.17, 15) is 9.59 Å². The minimum Gasteiger partial charge on any atom is -0.481 e. The molecule has 14 heavy (non-hydrogen) atoms. The molecule has 0 unspecified atom stereocenters. The van der Waals surface area contributed by atoms with Crippen LogP contribution in [0.4, 0.5) is 0 Å². The molecule has 0 aliphatic heterocycles. The molecule has 78 valence electrons. The van der Waals surface area contributed by atoms with Crippen molar-refractivity contribution in [2.75, 3.05) is 0 Å². The number of rotatable bonds is 2. The summed E-state index contributed by atoms with van der Waals surface area (Å²) in [4.78, 5) is 22.2. The van der Waals surface area contributed by atoms with E-state index in [0.29, 0.717) is 0 Å². The average molecular weight is 198 g/mol. The van der Waals surface area contributed by atoms with Gasteiger partial charge in [-0.05, 0) is 26.7 Å². The number of hydrogen-bond donors (Lipinski definition) is 2. The number of hydrogen-bond acceptors (Lipinski definition) is 2. The fourth-order valence-corrected chi connectivity index (χ4v) is 1.74. The average Bonchev–Trinajstić information content (AvgIpc) is 2.09.